The first-order valence-corrected chi connectivity index (χ1v) is 12.9. The summed E-state index contributed by atoms with van der Waals surface area (Å²) < 4.78 is 23.7. The maximum absolute atomic E-state index is 12.4. The first-order valence-electron chi connectivity index (χ1n) is 12.9. The number of allylic oxidation sites excluding steroid dienone is 1. The van der Waals surface area contributed by atoms with Crippen molar-refractivity contribution in [2.24, 2.45) is 11.8 Å². The van der Waals surface area contributed by atoms with Gasteiger partial charge in [-0.1, -0.05) is 86.5 Å². The van der Waals surface area contributed by atoms with Crippen LogP contribution in [0.3, 0.4) is 0 Å². The number of rotatable bonds is 17. The first kappa shape index (κ1) is 29.4. The average Bonchev–Trinajstić information content (AvgIpc) is 2.77. The minimum atomic E-state index is -1.03. The molecule has 1 atom stereocenters. The van der Waals surface area contributed by atoms with Gasteiger partial charge in [0.2, 0.25) is 0 Å². The Balaban J connectivity index is 2.98. The fourth-order valence-electron chi connectivity index (χ4n) is 3.27. The molecule has 0 saturated heterocycles. The van der Waals surface area contributed by atoms with Crippen LogP contribution in [-0.4, -0.2) is 30.9 Å². The molecule has 6 heteroatoms. The highest BCUT2D eigenvalue weighted by molar-refractivity contribution is 5.74. The van der Waals surface area contributed by atoms with E-state index in [1.807, 2.05) is 0 Å². The fourth-order valence-corrected chi connectivity index (χ4v) is 3.27. The molecule has 0 radical (unpaired) electrons. The van der Waals surface area contributed by atoms with Crippen molar-refractivity contribution < 1.29 is 28.5 Å². The monoisotopic (exact) mass is 466 g/mol. The summed E-state index contributed by atoms with van der Waals surface area (Å²) in [5, 5.41) is 0. The third kappa shape index (κ3) is 11.3. The minimum absolute atomic E-state index is 0.186. The second kappa shape index (κ2) is 16.0. The van der Waals surface area contributed by atoms with E-state index in [1.54, 1.807) is 39.8 Å². The predicted octanol–water partition coefficient (Wildman–Crippen LogP) is 6.84. The van der Waals surface area contributed by atoms with E-state index in [0.29, 0.717) is 13.2 Å². The van der Waals surface area contributed by atoms with E-state index in [1.165, 1.54) is 19.3 Å². The molecular weight excluding hydrogens is 420 g/mol. The van der Waals surface area contributed by atoms with Crippen LogP contribution >= 0.6 is 0 Å². The van der Waals surface area contributed by atoms with Gasteiger partial charge in [-0.25, -0.2) is 0 Å². The number of carbonyl (C=O) groups excluding carboxylic acids is 2. The van der Waals surface area contributed by atoms with E-state index in [9.17, 15) is 9.59 Å². The molecule has 33 heavy (non-hydrogen) atoms. The van der Waals surface area contributed by atoms with Crippen LogP contribution in [0.2, 0.25) is 0 Å². The standard InChI is InChI=1S/C27H46O6/c1-7-9-11-13-15-19-31-27(30-18-14-12-10-8-2)17-16-23(32-25(28)21(3)4)24(20-27)33-26(29)22(5)6/h16-17,21-22H,7-15,18-20H2,1-6H3. The zero-order chi connectivity index (χ0) is 24.7. The van der Waals surface area contributed by atoms with E-state index in [0.717, 1.165) is 38.5 Å². The number of hydrogen-bond acceptors (Lipinski definition) is 6. The fraction of sp³-hybridized carbons (Fsp3) is 0.778. The van der Waals surface area contributed by atoms with Crippen molar-refractivity contribution in [3.63, 3.8) is 0 Å². The lowest BCUT2D eigenvalue weighted by molar-refractivity contribution is -0.210. The minimum Gasteiger partial charge on any atom is -0.427 e. The van der Waals surface area contributed by atoms with Crippen LogP contribution in [0.4, 0.5) is 0 Å². The van der Waals surface area contributed by atoms with E-state index in [2.05, 4.69) is 13.8 Å². The van der Waals surface area contributed by atoms with Gasteiger partial charge in [-0.15, -0.1) is 0 Å². The van der Waals surface area contributed by atoms with Crippen molar-refractivity contribution in [1.29, 1.82) is 0 Å². The Morgan fingerprint density at radius 2 is 1.27 bits per heavy atom. The normalized spacial score (nSPS) is 18.3. The molecular formula is C27H46O6. The highest BCUT2D eigenvalue weighted by Gasteiger charge is 2.37. The molecule has 0 aliphatic heterocycles. The summed E-state index contributed by atoms with van der Waals surface area (Å²) in [6.45, 7) is 12.5. The third-order valence-corrected chi connectivity index (χ3v) is 5.49. The molecule has 1 rings (SSSR count). The molecule has 1 aliphatic carbocycles. The first-order chi connectivity index (χ1) is 15.7. The van der Waals surface area contributed by atoms with Crippen LogP contribution in [0.5, 0.6) is 0 Å². The molecule has 0 amide bonds. The lowest BCUT2D eigenvalue weighted by Gasteiger charge is -2.34. The second-order valence-electron chi connectivity index (χ2n) is 9.43. The highest BCUT2D eigenvalue weighted by atomic mass is 16.7. The summed E-state index contributed by atoms with van der Waals surface area (Å²) in [6.07, 6.45) is 13.6. The van der Waals surface area contributed by atoms with Crippen LogP contribution in [0.15, 0.2) is 23.7 Å². The van der Waals surface area contributed by atoms with Crippen molar-refractivity contribution in [2.75, 3.05) is 13.2 Å². The van der Waals surface area contributed by atoms with Gasteiger partial charge in [-0.3, -0.25) is 9.59 Å². The third-order valence-electron chi connectivity index (χ3n) is 5.49. The average molecular weight is 467 g/mol. The molecule has 0 saturated carbocycles. The van der Waals surface area contributed by atoms with Gasteiger partial charge in [-0.05, 0) is 25.0 Å². The molecule has 0 aromatic carbocycles. The molecule has 190 valence electrons. The molecule has 0 aromatic heterocycles. The van der Waals surface area contributed by atoms with Crippen molar-refractivity contribution >= 4 is 11.9 Å². The second-order valence-corrected chi connectivity index (χ2v) is 9.43. The maximum Gasteiger partial charge on any atom is 0.313 e. The zero-order valence-corrected chi connectivity index (χ0v) is 21.7. The van der Waals surface area contributed by atoms with Crippen molar-refractivity contribution in [1.82, 2.24) is 0 Å². The number of unbranched alkanes of at least 4 members (excludes halogenated alkanes) is 7. The van der Waals surface area contributed by atoms with Crippen molar-refractivity contribution in [3.8, 4) is 0 Å². The van der Waals surface area contributed by atoms with Crippen LogP contribution in [0.25, 0.3) is 0 Å². The molecule has 0 heterocycles. The molecule has 1 aliphatic rings. The Morgan fingerprint density at radius 3 is 1.79 bits per heavy atom. The van der Waals surface area contributed by atoms with Crippen LogP contribution in [-0.2, 0) is 28.5 Å². The SMILES string of the molecule is CCCCCCCOC1(OCCCCCC)C=CC(OC(=O)C(C)C)=C(OC(=O)C(C)C)C1. The Kier molecular flexibility index (Phi) is 14.3. The van der Waals surface area contributed by atoms with Crippen molar-refractivity contribution in [2.45, 2.75) is 112 Å². The maximum atomic E-state index is 12.4. The highest BCUT2D eigenvalue weighted by Crippen LogP contribution is 2.34. The summed E-state index contributed by atoms with van der Waals surface area (Å²) >= 11 is 0. The van der Waals surface area contributed by atoms with E-state index < -0.39 is 5.79 Å². The zero-order valence-electron chi connectivity index (χ0n) is 21.7. The smallest absolute Gasteiger partial charge is 0.313 e. The topological polar surface area (TPSA) is 71.1 Å². The summed E-state index contributed by atoms with van der Waals surface area (Å²) in [6, 6.07) is 0. The lowest BCUT2D eigenvalue weighted by atomic mass is 10.0. The van der Waals surface area contributed by atoms with Gasteiger partial charge in [0.15, 0.2) is 17.3 Å². The quantitative estimate of drug-likeness (QED) is 0.133. The van der Waals surface area contributed by atoms with Crippen LogP contribution in [0, 0.1) is 11.8 Å². The molecule has 1 unspecified atom stereocenters. The number of esters is 2. The Hall–Kier alpha value is -1.66. The molecule has 0 bridgehead atoms. The van der Waals surface area contributed by atoms with Crippen LogP contribution < -0.4 is 0 Å². The van der Waals surface area contributed by atoms with Gasteiger partial charge in [0.1, 0.15) is 0 Å². The van der Waals surface area contributed by atoms with E-state index in [4.69, 9.17) is 18.9 Å². The Bertz CT molecular complexity index is 649. The number of carbonyl (C=O) groups is 2. The number of hydrogen-bond donors (Lipinski definition) is 0. The van der Waals surface area contributed by atoms with E-state index in [-0.39, 0.29) is 41.7 Å². The van der Waals surface area contributed by atoms with Gasteiger partial charge < -0.3 is 18.9 Å². The Labute approximate surface area is 201 Å². The van der Waals surface area contributed by atoms with Gasteiger partial charge in [0.05, 0.1) is 31.5 Å². The van der Waals surface area contributed by atoms with Gasteiger partial charge >= 0.3 is 11.9 Å². The summed E-state index contributed by atoms with van der Waals surface area (Å²) in [5.41, 5.74) is 0. The predicted molar refractivity (Wildman–Crippen MR) is 130 cm³/mol. The summed E-state index contributed by atoms with van der Waals surface area (Å²) in [4.78, 5) is 24.6. The van der Waals surface area contributed by atoms with Gasteiger partial charge in [0, 0.05) is 0 Å². The Morgan fingerprint density at radius 1 is 0.788 bits per heavy atom. The summed E-state index contributed by atoms with van der Waals surface area (Å²) in [5.74, 6) is -1.86. The summed E-state index contributed by atoms with van der Waals surface area (Å²) in [7, 11) is 0. The molecule has 0 N–H and O–H groups in total. The molecule has 6 nitrogen and oxygen atoms in total. The van der Waals surface area contributed by atoms with Crippen molar-refractivity contribution in [3.05, 3.63) is 23.7 Å². The molecule has 0 fully saturated rings. The van der Waals surface area contributed by atoms with E-state index >= 15 is 0 Å². The molecule has 0 spiro atoms. The number of ether oxygens (including phenoxy) is 4. The molecule has 0 aromatic rings. The largest absolute Gasteiger partial charge is 0.427 e. The van der Waals surface area contributed by atoms with Gasteiger partial charge in [0.25, 0.3) is 0 Å². The van der Waals surface area contributed by atoms with Crippen LogP contribution in [0.1, 0.15) is 106 Å². The lowest BCUT2D eigenvalue weighted by Crippen LogP contribution is -2.38. The van der Waals surface area contributed by atoms with Gasteiger partial charge in [-0.2, -0.15) is 0 Å².